The Balaban J connectivity index is 1.79. The number of hydrogen-bond donors (Lipinski definition) is 1. The molecule has 1 atom stereocenters. The van der Waals surface area contributed by atoms with Gasteiger partial charge in [-0.05, 0) is 24.6 Å². The van der Waals surface area contributed by atoms with Gasteiger partial charge < -0.3 is 24.4 Å². The fraction of sp³-hybridized carbons (Fsp3) is 0.471. The SMILES string of the molecule is COc1cc(C(=O)O)cc(C(=O)N2CCC3(CN(C)C(=O)CO3)C2)c1. The number of likely N-dealkylation sites (N-methyl/N-ethyl adjacent to an activating group) is 1. The first-order valence-electron chi connectivity index (χ1n) is 7.93. The number of ether oxygens (including phenoxy) is 2. The Labute approximate surface area is 144 Å². The number of carbonyl (C=O) groups excluding carboxylic acids is 2. The average Bonchev–Trinajstić information content (AvgIpc) is 3.01. The molecule has 2 saturated heterocycles. The largest absolute Gasteiger partial charge is 0.497 e. The minimum atomic E-state index is -1.12. The summed E-state index contributed by atoms with van der Waals surface area (Å²) in [7, 11) is 3.14. The van der Waals surface area contributed by atoms with E-state index in [2.05, 4.69) is 0 Å². The van der Waals surface area contributed by atoms with Gasteiger partial charge >= 0.3 is 5.97 Å². The molecule has 8 heteroatoms. The van der Waals surface area contributed by atoms with Crippen LogP contribution in [0.5, 0.6) is 5.75 Å². The molecule has 1 aromatic rings. The van der Waals surface area contributed by atoms with Gasteiger partial charge in [-0.1, -0.05) is 0 Å². The van der Waals surface area contributed by atoms with Crippen LogP contribution < -0.4 is 4.74 Å². The summed E-state index contributed by atoms with van der Waals surface area (Å²) in [4.78, 5) is 38.9. The number of morpholine rings is 1. The lowest BCUT2D eigenvalue weighted by Crippen LogP contribution is -2.54. The number of carboxylic acids is 1. The Kier molecular flexibility index (Phi) is 4.38. The molecule has 1 unspecified atom stereocenters. The number of carbonyl (C=O) groups is 3. The lowest BCUT2D eigenvalue weighted by atomic mass is 10.0. The summed E-state index contributed by atoms with van der Waals surface area (Å²) in [6.07, 6.45) is 0.631. The number of hydrogen-bond acceptors (Lipinski definition) is 5. The first-order valence-corrected chi connectivity index (χ1v) is 7.93. The van der Waals surface area contributed by atoms with E-state index in [9.17, 15) is 19.5 Å². The zero-order valence-corrected chi connectivity index (χ0v) is 14.2. The van der Waals surface area contributed by atoms with E-state index in [1.54, 1.807) is 16.8 Å². The zero-order valence-electron chi connectivity index (χ0n) is 14.2. The van der Waals surface area contributed by atoms with E-state index in [1.807, 2.05) is 0 Å². The van der Waals surface area contributed by atoms with Crippen molar-refractivity contribution in [3.05, 3.63) is 29.3 Å². The Bertz CT molecular complexity index is 734. The highest BCUT2D eigenvalue weighted by Crippen LogP contribution is 2.30. The Hall–Kier alpha value is -2.61. The maximum Gasteiger partial charge on any atom is 0.335 e. The van der Waals surface area contributed by atoms with E-state index < -0.39 is 11.6 Å². The number of aromatic carboxylic acids is 1. The molecule has 2 amide bonds. The fourth-order valence-electron chi connectivity index (χ4n) is 3.30. The van der Waals surface area contributed by atoms with Gasteiger partial charge in [0.1, 0.15) is 18.0 Å². The Morgan fingerprint density at radius 1 is 1.24 bits per heavy atom. The second-order valence-electron chi connectivity index (χ2n) is 6.45. The molecular formula is C17H20N2O6. The number of methoxy groups -OCH3 is 1. The van der Waals surface area contributed by atoms with Gasteiger partial charge in [0.15, 0.2) is 0 Å². The monoisotopic (exact) mass is 348 g/mol. The number of carboxylic acid groups (broad SMARTS) is 1. The van der Waals surface area contributed by atoms with Crippen molar-refractivity contribution in [3.8, 4) is 5.75 Å². The quantitative estimate of drug-likeness (QED) is 0.853. The molecule has 0 aliphatic carbocycles. The third-order valence-corrected chi connectivity index (χ3v) is 4.69. The van der Waals surface area contributed by atoms with Gasteiger partial charge in [0, 0.05) is 19.2 Å². The summed E-state index contributed by atoms with van der Waals surface area (Å²) in [6.45, 7) is 1.30. The molecule has 134 valence electrons. The topological polar surface area (TPSA) is 96.4 Å². The second-order valence-corrected chi connectivity index (χ2v) is 6.45. The van der Waals surface area contributed by atoms with Crippen LogP contribution in [0.15, 0.2) is 18.2 Å². The molecule has 2 heterocycles. The van der Waals surface area contributed by atoms with Gasteiger partial charge in [0.2, 0.25) is 5.91 Å². The van der Waals surface area contributed by atoms with Crippen molar-refractivity contribution in [2.45, 2.75) is 12.0 Å². The molecule has 1 aromatic carbocycles. The minimum Gasteiger partial charge on any atom is -0.497 e. The van der Waals surface area contributed by atoms with Crippen LogP contribution in [-0.2, 0) is 9.53 Å². The first-order chi connectivity index (χ1) is 11.8. The van der Waals surface area contributed by atoms with Crippen LogP contribution >= 0.6 is 0 Å². The van der Waals surface area contributed by atoms with Crippen LogP contribution in [0.1, 0.15) is 27.1 Å². The van der Waals surface area contributed by atoms with Gasteiger partial charge in [-0.2, -0.15) is 0 Å². The predicted molar refractivity (Wildman–Crippen MR) is 86.8 cm³/mol. The maximum atomic E-state index is 12.8. The number of benzene rings is 1. The highest BCUT2D eigenvalue weighted by molar-refractivity contribution is 5.98. The number of likely N-dealkylation sites (tertiary alicyclic amines) is 1. The summed E-state index contributed by atoms with van der Waals surface area (Å²) in [6, 6.07) is 4.24. The lowest BCUT2D eigenvalue weighted by molar-refractivity contribution is -0.158. The molecule has 3 rings (SSSR count). The van der Waals surface area contributed by atoms with E-state index in [0.29, 0.717) is 31.8 Å². The molecule has 25 heavy (non-hydrogen) atoms. The first kappa shape index (κ1) is 17.2. The van der Waals surface area contributed by atoms with Gasteiger partial charge in [-0.25, -0.2) is 4.79 Å². The van der Waals surface area contributed by atoms with E-state index in [-0.39, 0.29) is 29.5 Å². The van der Waals surface area contributed by atoms with Crippen molar-refractivity contribution >= 4 is 17.8 Å². The highest BCUT2D eigenvalue weighted by Gasteiger charge is 2.45. The summed E-state index contributed by atoms with van der Waals surface area (Å²) in [5.74, 6) is -1.16. The van der Waals surface area contributed by atoms with Crippen molar-refractivity contribution in [2.75, 3.05) is 40.4 Å². The van der Waals surface area contributed by atoms with Crippen LogP contribution in [0.2, 0.25) is 0 Å². The van der Waals surface area contributed by atoms with E-state index >= 15 is 0 Å². The van der Waals surface area contributed by atoms with Crippen LogP contribution in [0.3, 0.4) is 0 Å². The molecule has 0 saturated carbocycles. The van der Waals surface area contributed by atoms with Gasteiger partial charge in [0.05, 0.1) is 25.8 Å². The van der Waals surface area contributed by atoms with Gasteiger partial charge in [0.25, 0.3) is 5.91 Å². The van der Waals surface area contributed by atoms with E-state index in [1.165, 1.54) is 25.3 Å². The minimum absolute atomic E-state index is 0.00384. The normalized spacial score (nSPS) is 23.2. The van der Waals surface area contributed by atoms with Crippen LogP contribution in [0.4, 0.5) is 0 Å². The van der Waals surface area contributed by atoms with E-state index in [4.69, 9.17) is 9.47 Å². The zero-order chi connectivity index (χ0) is 18.2. The van der Waals surface area contributed by atoms with Crippen molar-refractivity contribution in [2.24, 2.45) is 0 Å². The summed E-state index contributed by atoms with van der Waals surface area (Å²) in [5, 5.41) is 9.19. The van der Waals surface area contributed by atoms with Crippen molar-refractivity contribution in [3.63, 3.8) is 0 Å². The lowest BCUT2D eigenvalue weighted by Gasteiger charge is -2.38. The van der Waals surface area contributed by atoms with Crippen LogP contribution in [0, 0.1) is 0 Å². The van der Waals surface area contributed by atoms with Crippen molar-refractivity contribution < 1.29 is 29.0 Å². The Morgan fingerprint density at radius 3 is 2.60 bits per heavy atom. The molecular weight excluding hydrogens is 328 g/mol. The molecule has 0 aromatic heterocycles. The van der Waals surface area contributed by atoms with Crippen LogP contribution in [0.25, 0.3) is 0 Å². The standard InChI is InChI=1S/C17H20N2O6/c1-18-9-17(25-8-14(18)20)3-4-19(10-17)15(21)11-5-12(16(22)23)7-13(6-11)24-2/h5-7H,3-4,8-10H2,1-2H3,(H,22,23). The van der Waals surface area contributed by atoms with Crippen LogP contribution in [-0.4, -0.2) is 78.7 Å². The molecule has 0 radical (unpaired) electrons. The van der Waals surface area contributed by atoms with Gasteiger partial charge in [-0.3, -0.25) is 9.59 Å². The summed E-state index contributed by atoms with van der Waals surface area (Å²) < 4.78 is 10.8. The van der Waals surface area contributed by atoms with Crippen molar-refractivity contribution in [1.29, 1.82) is 0 Å². The maximum absolute atomic E-state index is 12.8. The molecule has 8 nitrogen and oxygen atoms in total. The fourth-order valence-corrected chi connectivity index (χ4v) is 3.30. The smallest absolute Gasteiger partial charge is 0.335 e. The van der Waals surface area contributed by atoms with E-state index in [0.717, 1.165) is 0 Å². The third kappa shape index (κ3) is 3.30. The average molecular weight is 348 g/mol. The molecule has 0 bridgehead atoms. The molecule has 2 aliphatic heterocycles. The second kappa shape index (κ2) is 6.36. The number of amides is 2. The predicted octanol–water partition coefficient (Wildman–Crippen LogP) is 0.467. The summed E-state index contributed by atoms with van der Waals surface area (Å²) >= 11 is 0. The third-order valence-electron chi connectivity index (χ3n) is 4.69. The number of nitrogens with zero attached hydrogens (tertiary/aromatic N) is 2. The molecule has 1 N–H and O–H groups in total. The number of rotatable bonds is 3. The molecule has 2 aliphatic rings. The highest BCUT2D eigenvalue weighted by atomic mass is 16.5. The van der Waals surface area contributed by atoms with Gasteiger partial charge in [-0.15, -0.1) is 0 Å². The molecule has 2 fully saturated rings. The summed E-state index contributed by atoms with van der Waals surface area (Å²) in [5.41, 5.74) is -0.294. The molecule has 1 spiro atoms. The van der Waals surface area contributed by atoms with Crippen molar-refractivity contribution in [1.82, 2.24) is 9.80 Å². The Morgan fingerprint density at radius 2 is 1.96 bits per heavy atom.